The molecule has 0 bridgehead atoms. The van der Waals surface area contributed by atoms with Gasteiger partial charge in [-0.1, -0.05) is 18.6 Å². The quantitative estimate of drug-likeness (QED) is 0.619. The lowest BCUT2D eigenvalue weighted by molar-refractivity contribution is -0.171. The number of nitrogens with zero attached hydrogens (tertiary/aromatic N) is 1. The van der Waals surface area contributed by atoms with Crippen molar-refractivity contribution >= 4 is 5.96 Å². The summed E-state index contributed by atoms with van der Waals surface area (Å²) in [5.41, 5.74) is 3.08. The summed E-state index contributed by atoms with van der Waals surface area (Å²) in [7, 11) is 0. The Balaban J connectivity index is 1.23. The SMILES string of the molecule is CCNC(=NCCc1ccc2c(c1)CCO2)NC1C2CCOC2C12CCC2. The fraction of sp³-hybridized carbons (Fsp3) is 0.682. The van der Waals surface area contributed by atoms with Crippen LogP contribution in [0.15, 0.2) is 23.2 Å². The van der Waals surface area contributed by atoms with E-state index in [0.717, 1.165) is 50.9 Å². The van der Waals surface area contributed by atoms with Gasteiger partial charge >= 0.3 is 0 Å². The standard InChI is InChI=1S/C22H31N3O2/c1-2-23-21(24-11-6-15-4-5-18-16(14-15)7-12-26-18)25-19-17-8-13-27-20(17)22(19)9-3-10-22/h4-5,14,17,19-20H,2-3,6-13H2,1H3,(H2,23,24,25). The van der Waals surface area contributed by atoms with E-state index in [9.17, 15) is 0 Å². The third-order valence-electron chi connectivity index (χ3n) is 7.10. The first-order chi connectivity index (χ1) is 13.3. The van der Waals surface area contributed by atoms with Gasteiger partial charge in [-0.05, 0) is 49.8 Å². The Morgan fingerprint density at radius 1 is 1.30 bits per heavy atom. The summed E-state index contributed by atoms with van der Waals surface area (Å²) in [5.74, 6) is 2.70. The highest BCUT2D eigenvalue weighted by Gasteiger charge is 2.66. The zero-order valence-electron chi connectivity index (χ0n) is 16.3. The molecule has 1 spiro atoms. The molecule has 0 aromatic heterocycles. The number of aliphatic imine (C=N–C) groups is 1. The number of benzene rings is 1. The van der Waals surface area contributed by atoms with E-state index in [1.165, 1.54) is 36.8 Å². The number of hydrogen-bond donors (Lipinski definition) is 2. The Morgan fingerprint density at radius 2 is 2.22 bits per heavy atom. The highest BCUT2D eigenvalue weighted by Crippen LogP contribution is 2.62. The van der Waals surface area contributed by atoms with Gasteiger partial charge in [0.1, 0.15) is 5.75 Å². The third kappa shape index (κ3) is 2.91. The molecule has 3 fully saturated rings. The molecule has 2 heterocycles. The monoisotopic (exact) mass is 369 g/mol. The highest BCUT2D eigenvalue weighted by molar-refractivity contribution is 5.80. The fourth-order valence-electron chi connectivity index (χ4n) is 5.62. The van der Waals surface area contributed by atoms with E-state index >= 15 is 0 Å². The van der Waals surface area contributed by atoms with Gasteiger partial charge in [-0.2, -0.15) is 0 Å². The van der Waals surface area contributed by atoms with Crippen LogP contribution in [0, 0.1) is 11.3 Å². The summed E-state index contributed by atoms with van der Waals surface area (Å²) >= 11 is 0. The summed E-state index contributed by atoms with van der Waals surface area (Å²) in [6, 6.07) is 7.11. The van der Waals surface area contributed by atoms with Gasteiger partial charge in [0, 0.05) is 43.5 Å². The largest absolute Gasteiger partial charge is 0.493 e. The second-order valence-electron chi connectivity index (χ2n) is 8.50. The van der Waals surface area contributed by atoms with Crippen molar-refractivity contribution in [2.45, 2.75) is 57.6 Å². The molecule has 2 aliphatic heterocycles. The molecule has 1 saturated heterocycles. The molecular formula is C22H31N3O2. The number of nitrogens with one attached hydrogen (secondary N) is 2. The van der Waals surface area contributed by atoms with Gasteiger partial charge in [0.25, 0.3) is 0 Å². The molecule has 1 aromatic carbocycles. The average Bonchev–Trinajstić information content (AvgIpc) is 3.25. The summed E-state index contributed by atoms with van der Waals surface area (Å²) in [5, 5.41) is 7.24. The second-order valence-corrected chi connectivity index (χ2v) is 8.50. The van der Waals surface area contributed by atoms with Crippen molar-refractivity contribution in [2.24, 2.45) is 16.3 Å². The van der Waals surface area contributed by atoms with Gasteiger partial charge in [-0.15, -0.1) is 0 Å². The highest BCUT2D eigenvalue weighted by atomic mass is 16.5. The van der Waals surface area contributed by atoms with Crippen LogP contribution in [-0.2, 0) is 17.6 Å². The number of ether oxygens (including phenoxy) is 2. The lowest BCUT2D eigenvalue weighted by Crippen LogP contribution is -2.72. The minimum Gasteiger partial charge on any atom is -0.493 e. The Bertz CT molecular complexity index is 728. The number of hydrogen-bond acceptors (Lipinski definition) is 3. The van der Waals surface area contributed by atoms with Gasteiger partial charge in [0.05, 0.1) is 12.7 Å². The molecule has 146 valence electrons. The van der Waals surface area contributed by atoms with Gasteiger partial charge in [-0.25, -0.2) is 0 Å². The molecular weight excluding hydrogens is 338 g/mol. The van der Waals surface area contributed by atoms with Gasteiger partial charge < -0.3 is 20.1 Å². The molecule has 2 aliphatic carbocycles. The van der Waals surface area contributed by atoms with Gasteiger partial charge in [0.2, 0.25) is 0 Å². The Morgan fingerprint density at radius 3 is 3.04 bits per heavy atom. The van der Waals surface area contributed by atoms with Crippen molar-refractivity contribution in [1.29, 1.82) is 0 Å². The van der Waals surface area contributed by atoms with Crippen LogP contribution in [0.25, 0.3) is 0 Å². The molecule has 1 aromatic rings. The van der Waals surface area contributed by atoms with Crippen LogP contribution in [0.1, 0.15) is 43.7 Å². The van der Waals surface area contributed by atoms with Crippen LogP contribution in [0.3, 0.4) is 0 Å². The summed E-state index contributed by atoms with van der Waals surface area (Å²) in [6.45, 7) is 5.59. The number of guanidine groups is 1. The summed E-state index contributed by atoms with van der Waals surface area (Å²) in [4.78, 5) is 4.88. The molecule has 0 amide bonds. The predicted octanol–water partition coefficient (Wildman–Crippen LogP) is 2.68. The van der Waals surface area contributed by atoms with Crippen LogP contribution < -0.4 is 15.4 Å². The molecule has 5 nitrogen and oxygen atoms in total. The van der Waals surface area contributed by atoms with Crippen molar-refractivity contribution in [3.8, 4) is 5.75 Å². The molecule has 27 heavy (non-hydrogen) atoms. The Kier molecular flexibility index (Phi) is 4.50. The van der Waals surface area contributed by atoms with E-state index in [4.69, 9.17) is 14.5 Å². The maximum atomic E-state index is 6.05. The normalized spacial score (nSPS) is 30.1. The van der Waals surface area contributed by atoms with E-state index in [-0.39, 0.29) is 0 Å². The first kappa shape index (κ1) is 17.4. The van der Waals surface area contributed by atoms with Crippen LogP contribution in [-0.4, -0.2) is 44.4 Å². The van der Waals surface area contributed by atoms with E-state index < -0.39 is 0 Å². The molecule has 2 N–H and O–H groups in total. The van der Waals surface area contributed by atoms with Crippen LogP contribution >= 0.6 is 0 Å². The van der Waals surface area contributed by atoms with E-state index in [2.05, 4.69) is 35.8 Å². The van der Waals surface area contributed by atoms with Gasteiger partial charge in [-0.3, -0.25) is 4.99 Å². The maximum Gasteiger partial charge on any atom is 0.191 e. The second kappa shape index (κ2) is 7.01. The molecule has 3 atom stereocenters. The van der Waals surface area contributed by atoms with Crippen molar-refractivity contribution in [1.82, 2.24) is 10.6 Å². The van der Waals surface area contributed by atoms with Crippen LogP contribution in [0.5, 0.6) is 5.75 Å². The number of fused-ring (bicyclic) bond motifs is 3. The minimum atomic E-state index is 0.386. The first-order valence-corrected chi connectivity index (χ1v) is 10.7. The molecule has 5 heteroatoms. The van der Waals surface area contributed by atoms with Crippen molar-refractivity contribution in [3.63, 3.8) is 0 Å². The molecule has 5 rings (SSSR count). The van der Waals surface area contributed by atoms with Crippen LogP contribution in [0.4, 0.5) is 0 Å². The molecule has 2 saturated carbocycles. The summed E-state index contributed by atoms with van der Waals surface area (Å²) < 4.78 is 11.6. The first-order valence-electron chi connectivity index (χ1n) is 10.7. The molecule has 4 aliphatic rings. The Hall–Kier alpha value is -1.75. The minimum absolute atomic E-state index is 0.386. The fourth-order valence-corrected chi connectivity index (χ4v) is 5.62. The zero-order valence-corrected chi connectivity index (χ0v) is 16.3. The Labute approximate surface area is 161 Å². The smallest absolute Gasteiger partial charge is 0.191 e. The van der Waals surface area contributed by atoms with Crippen molar-refractivity contribution in [3.05, 3.63) is 29.3 Å². The maximum absolute atomic E-state index is 6.05. The zero-order chi connectivity index (χ0) is 18.3. The predicted molar refractivity (Wildman–Crippen MR) is 106 cm³/mol. The van der Waals surface area contributed by atoms with Crippen molar-refractivity contribution in [2.75, 3.05) is 26.3 Å². The topological polar surface area (TPSA) is 54.9 Å². The lowest BCUT2D eigenvalue weighted by atomic mass is 9.46. The third-order valence-corrected chi connectivity index (χ3v) is 7.10. The number of rotatable bonds is 5. The van der Waals surface area contributed by atoms with E-state index in [1.807, 2.05) is 0 Å². The average molecular weight is 370 g/mol. The van der Waals surface area contributed by atoms with E-state index in [1.54, 1.807) is 0 Å². The van der Waals surface area contributed by atoms with Crippen LogP contribution in [0.2, 0.25) is 0 Å². The van der Waals surface area contributed by atoms with E-state index in [0.29, 0.717) is 23.5 Å². The molecule has 0 radical (unpaired) electrons. The van der Waals surface area contributed by atoms with Gasteiger partial charge in [0.15, 0.2) is 5.96 Å². The molecule has 3 unspecified atom stereocenters. The summed E-state index contributed by atoms with van der Waals surface area (Å²) in [6.07, 6.45) is 7.66. The lowest BCUT2D eigenvalue weighted by Gasteiger charge is -2.63. The van der Waals surface area contributed by atoms with Crippen molar-refractivity contribution < 1.29 is 9.47 Å².